The van der Waals surface area contributed by atoms with Gasteiger partial charge in [0.2, 0.25) is 0 Å². The molecule has 0 saturated heterocycles. The number of hydrogen-bond donors (Lipinski definition) is 2. The van der Waals surface area contributed by atoms with Crippen LogP contribution in [0.15, 0.2) is 54.6 Å². The van der Waals surface area contributed by atoms with Crippen molar-refractivity contribution in [2.45, 2.75) is 25.6 Å². The zero-order valence-electron chi connectivity index (χ0n) is 12.1. The van der Waals surface area contributed by atoms with Gasteiger partial charge in [-0.2, -0.15) is 0 Å². The number of nitrogens with two attached hydrogens (primary N) is 1. The first-order valence-corrected chi connectivity index (χ1v) is 6.91. The van der Waals surface area contributed by atoms with Crippen LogP contribution in [0.25, 0.3) is 0 Å². The minimum Gasteiger partial charge on any atom is -0.496 e. The second-order valence-electron chi connectivity index (χ2n) is 4.86. The van der Waals surface area contributed by atoms with E-state index in [1.165, 1.54) is 0 Å². The van der Waals surface area contributed by atoms with Crippen LogP contribution in [0.4, 0.5) is 0 Å². The molecule has 2 aromatic rings. The van der Waals surface area contributed by atoms with E-state index < -0.39 is 5.66 Å². The molecule has 0 aliphatic heterocycles. The summed E-state index contributed by atoms with van der Waals surface area (Å²) in [6.45, 7) is 2.76. The van der Waals surface area contributed by atoms with Gasteiger partial charge in [-0.3, -0.25) is 5.32 Å². The third-order valence-electron chi connectivity index (χ3n) is 3.63. The van der Waals surface area contributed by atoms with Crippen molar-refractivity contribution in [1.82, 2.24) is 5.32 Å². The first kappa shape index (κ1) is 14.6. The topological polar surface area (TPSA) is 47.3 Å². The fourth-order valence-electron chi connectivity index (χ4n) is 2.27. The second kappa shape index (κ2) is 6.55. The Hall–Kier alpha value is -1.84. The van der Waals surface area contributed by atoms with Gasteiger partial charge in [-0.1, -0.05) is 55.5 Å². The third kappa shape index (κ3) is 3.18. The monoisotopic (exact) mass is 270 g/mol. The number of para-hydroxylation sites is 1. The fourth-order valence-corrected chi connectivity index (χ4v) is 2.27. The van der Waals surface area contributed by atoms with Gasteiger partial charge in [-0.15, -0.1) is 0 Å². The first-order chi connectivity index (χ1) is 9.69. The summed E-state index contributed by atoms with van der Waals surface area (Å²) >= 11 is 0. The van der Waals surface area contributed by atoms with Gasteiger partial charge in [-0.05, 0) is 18.1 Å². The van der Waals surface area contributed by atoms with E-state index in [4.69, 9.17) is 10.5 Å². The van der Waals surface area contributed by atoms with Gasteiger partial charge in [0.1, 0.15) is 5.75 Å². The number of ether oxygens (including phenoxy) is 1. The van der Waals surface area contributed by atoms with Gasteiger partial charge in [-0.25, -0.2) is 0 Å². The van der Waals surface area contributed by atoms with E-state index in [2.05, 4.69) is 24.4 Å². The van der Waals surface area contributed by atoms with E-state index >= 15 is 0 Å². The van der Waals surface area contributed by atoms with E-state index in [0.29, 0.717) is 6.54 Å². The normalized spacial score (nSPS) is 13.8. The molecule has 3 nitrogen and oxygen atoms in total. The Morgan fingerprint density at radius 1 is 1.05 bits per heavy atom. The number of hydrogen-bond acceptors (Lipinski definition) is 3. The molecule has 20 heavy (non-hydrogen) atoms. The predicted molar refractivity (Wildman–Crippen MR) is 82.4 cm³/mol. The van der Waals surface area contributed by atoms with Crippen molar-refractivity contribution in [3.63, 3.8) is 0 Å². The van der Waals surface area contributed by atoms with Crippen molar-refractivity contribution >= 4 is 0 Å². The van der Waals surface area contributed by atoms with Crippen LogP contribution in [0.1, 0.15) is 24.5 Å². The summed E-state index contributed by atoms with van der Waals surface area (Å²) in [4.78, 5) is 0. The van der Waals surface area contributed by atoms with Crippen LogP contribution in [0.5, 0.6) is 5.75 Å². The average Bonchev–Trinajstić information content (AvgIpc) is 2.53. The fraction of sp³-hybridized carbons (Fsp3) is 0.294. The van der Waals surface area contributed by atoms with Crippen LogP contribution >= 0.6 is 0 Å². The molecule has 0 aliphatic rings. The zero-order valence-corrected chi connectivity index (χ0v) is 12.1. The van der Waals surface area contributed by atoms with E-state index in [9.17, 15) is 0 Å². The van der Waals surface area contributed by atoms with Gasteiger partial charge in [0.25, 0.3) is 0 Å². The molecule has 1 atom stereocenters. The number of benzene rings is 2. The van der Waals surface area contributed by atoms with Crippen LogP contribution in [-0.2, 0) is 12.2 Å². The second-order valence-corrected chi connectivity index (χ2v) is 4.86. The summed E-state index contributed by atoms with van der Waals surface area (Å²) in [5.41, 5.74) is 8.18. The lowest BCUT2D eigenvalue weighted by atomic mass is 9.97. The molecule has 106 valence electrons. The lowest BCUT2D eigenvalue weighted by molar-refractivity contribution is 0.325. The molecule has 3 heteroatoms. The average molecular weight is 270 g/mol. The molecular formula is C17H22N2O. The molecule has 0 saturated carbocycles. The highest BCUT2D eigenvalue weighted by atomic mass is 16.5. The smallest absolute Gasteiger partial charge is 0.123 e. The van der Waals surface area contributed by atoms with Crippen molar-refractivity contribution in [1.29, 1.82) is 0 Å². The van der Waals surface area contributed by atoms with Gasteiger partial charge < -0.3 is 10.5 Å². The zero-order chi connectivity index (χ0) is 14.4. The summed E-state index contributed by atoms with van der Waals surface area (Å²) in [5, 5.41) is 3.45. The van der Waals surface area contributed by atoms with Gasteiger partial charge in [0, 0.05) is 12.1 Å². The van der Waals surface area contributed by atoms with Crippen molar-refractivity contribution in [3.05, 3.63) is 65.7 Å². The molecular weight excluding hydrogens is 248 g/mol. The molecule has 1 unspecified atom stereocenters. The highest BCUT2D eigenvalue weighted by molar-refractivity contribution is 5.33. The van der Waals surface area contributed by atoms with Crippen molar-refractivity contribution in [3.8, 4) is 5.75 Å². The molecule has 0 bridgehead atoms. The van der Waals surface area contributed by atoms with E-state index in [1.807, 2.05) is 42.5 Å². The third-order valence-corrected chi connectivity index (χ3v) is 3.63. The Morgan fingerprint density at radius 3 is 2.35 bits per heavy atom. The molecule has 0 spiro atoms. The van der Waals surface area contributed by atoms with Crippen LogP contribution < -0.4 is 15.8 Å². The quantitative estimate of drug-likeness (QED) is 0.793. The highest BCUT2D eigenvalue weighted by Crippen LogP contribution is 2.22. The van der Waals surface area contributed by atoms with E-state index in [1.54, 1.807) is 7.11 Å². The molecule has 0 heterocycles. The maximum Gasteiger partial charge on any atom is 0.123 e. The van der Waals surface area contributed by atoms with Crippen molar-refractivity contribution < 1.29 is 4.74 Å². The lowest BCUT2D eigenvalue weighted by Gasteiger charge is -2.30. The molecule has 0 fully saturated rings. The molecule has 2 aromatic carbocycles. The van der Waals surface area contributed by atoms with Gasteiger partial charge in [0.05, 0.1) is 12.8 Å². The minimum absolute atomic E-state index is 0.526. The van der Waals surface area contributed by atoms with E-state index in [0.717, 1.165) is 23.3 Å². The summed E-state index contributed by atoms with van der Waals surface area (Å²) < 4.78 is 5.37. The van der Waals surface area contributed by atoms with Crippen LogP contribution in [0.3, 0.4) is 0 Å². The van der Waals surface area contributed by atoms with Crippen LogP contribution in [0, 0.1) is 0 Å². The molecule has 0 amide bonds. The summed E-state index contributed by atoms with van der Waals surface area (Å²) in [6.07, 6.45) is 0.812. The number of nitrogens with one attached hydrogen (secondary N) is 1. The predicted octanol–water partition coefficient (Wildman–Crippen LogP) is 3.01. The molecule has 3 N–H and O–H groups in total. The van der Waals surface area contributed by atoms with Gasteiger partial charge in [0.15, 0.2) is 0 Å². The van der Waals surface area contributed by atoms with Crippen LogP contribution in [0.2, 0.25) is 0 Å². The molecule has 0 aliphatic carbocycles. The maximum absolute atomic E-state index is 6.51. The molecule has 2 rings (SSSR count). The van der Waals surface area contributed by atoms with Crippen molar-refractivity contribution in [2.24, 2.45) is 5.73 Å². The first-order valence-electron chi connectivity index (χ1n) is 6.91. The van der Waals surface area contributed by atoms with Crippen molar-refractivity contribution in [2.75, 3.05) is 7.11 Å². The number of rotatable bonds is 6. The summed E-state index contributed by atoms with van der Waals surface area (Å²) in [6, 6.07) is 18.1. The number of methoxy groups -OCH3 is 1. The Morgan fingerprint density at radius 2 is 1.70 bits per heavy atom. The van der Waals surface area contributed by atoms with Crippen LogP contribution in [-0.4, -0.2) is 7.11 Å². The Labute approximate surface area is 120 Å². The molecule has 0 radical (unpaired) electrons. The largest absolute Gasteiger partial charge is 0.496 e. The SMILES string of the molecule is CCC(N)(NCc1ccccc1OC)c1ccccc1. The Balaban J connectivity index is 2.15. The maximum atomic E-state index is 6.51. The summed E-state index contributed by atoms with van der Waals surface area (Å²) in [5.74, 6) is 0.881. The minimum atomic E-state index is -0.526. The molecule has 0 aromatic heterocycles. The highest BCUT2D eigenvalue weighted by Gasteiger charge is 2.24. The lowest BCUT2D eigenvalue weighted by Crippen LogP contribution is -2.49. The van der Waals surface area contributed by atoms with E-state index in [-0.39, 0.29) is 0 Å². The van der Waals surface area contributed by atoms with Gasteiger partial charge >= 0.3 is 0 Å². The Bertz CT molecular complexity index is 542. The Kier molecular flexibility index (Phi) is 4.77. The summed E-state index contributed by atoms with van der Waals surface area (Å²) in [7, 11) is 1.69. The standard InChI is InChI=1S/C17H22N2O/c1-3-17(18,15-10-5-4-6-11-15)19-13-14-9-7-8-12-16(14)20-2/h4-12,19H,3,13,18H2,1-2H3.